The summed E-state index contributed by atoms with van der Waals surface area (Å²) in [7, 11) is 0. The number of esters is 1. The number of ether oxygens (including phenoxy) is 1. The van der Waals surface area contributed by atoms with Crippen LogP contribution in [0.5, 0.6) is 0 Å². The second kappa shape index (κ2) is 6.98. The maximum atomic E-state index is 11.6. The zero-order valence-corrected chi connectivity index (χ0v) is 12.3. The Bertz CT molecular complexity index is 477. The first-order chi connectivity index (χ1) is 8.93. The van der Waals surface area contributed by atoms with Crippen LogP contribution in [0.4, 0.5) is 5.95 Å². The molecule has 0 aliphatic rings. The van der Waals surface area contributed by atoms with E-state index in [-0.39, 0.29) is 6.04 Å². The van der Waals surface area contributed by atoms with Gasteiger partial charge in [0.05, 0.1) is 17.9 Å². The first-order valence-electron chi connectivity index (χ1n) is 6.02. The summed E-state index contributed by atoms with van der Waals surface area (Å²) in [6, 6.07) is 0.222. The highest BCUT2D eigenvalue weighted by molar-refractivity contribution is 7.80. The van der Waals surface area contributed by atoms with Crippen LogP contribution in [0.15, 0.2) is 6.20 Å². The van der Waals surface area contributed by atoms with Gasteiger partial charge in [-0.25, -0.2) is 14.8 Å². The van der Waals surface area contributed by atoms with Gasteiger partial charge in [0.1, 0.15) is 0 Å². The van der Waals surface area contributed by atoms with Crippen molar-refractivity contribution >= 4 is 29.2 Å². The van der Waals surface area contributed by atoms with E-state index in [2.05, 4.69) is 20.6 Å². The van der Waals surface area contributed by atoms with Gasteiger partial charge < -0.3 is 15.4 Å². The molecule has 0 fully saturated rings. The average molecular weight is 282 g/mol. The fourth-order valence-electron chi connectivity index (χ4n) is 1.34. The molecule has 0 atom stereocenters. The number of rotatable bonds is 4. The number of nitrogens with one attached hydrogen (secondary N) is 2. The lowest BCUT2D eigenvalue weighted by Gasteiger charge is -2.12. The third kappa shape index (κ3) is 4.78. The highest BCUT2D eigenvalue weighted by Crippen LogP contribution is 2.08. The van der Waals surface area contributed by atoms with Gasteiger partial charge in [0.15, 0.2) is 5.11 Å². The van der Waals surface area contributed by atoms with E-state index in [9.17, 15) is 4.79 Å². The molecule has 1 aromatic heterocycles. The molecule has 1 heterocycles. The summed E-state index contributed by atoms with van der Waals surface area (Å²) in [6.07, 6.45) is 1.43. The van der Waals surface area contributed by atoms with Crippen molar-refractivity contribution in [3.05, 3.63) is 17.5 Å². The quantitative estimate of drug-likeness (QED) is 0.642. The molecule has 0 amide bonds. The topological polar surface area (TPSA) is 76.1 Å². The number of hydrogen-bond acceptors (Lipinski definition) is 5. The number of carbonyl (C=O) groups is 1. The molecular formula is C12H18N4O2S. The highest BCUT2D eigenvalue weighted by Gasteiger charge is 2.13. The molecule has 2 N–H and O–H groups in total. The van der Waals surface area contributed by atoms with Crippen LogP contribution in [-0.4, -0.2) is 33.7 Å². The van der Waals surface area contributed by atoms with Crippen molar-refractivity contribution in [3.8, 4) is 0 Å². The summed E-state index contributed by atoms with van der Waals surface area (Å²) in [4.78, 5) is 19.8. The van der Waals surface area contributed by atoms with Gasteiger partial charge in [0.2, 0.25) is 5.95 Å². The van der Waals surface area contributed by atoms with Gasteiger partial charge in [-0.3, -0.25) is 0 Å². The SMILES string of the molecule is CCOC(=O)c1cnc(NC(=S)NC(C)C)nc1C. The van der Waals surface area contributed by atoms with Gasteiger partial charge in [0.25, 0.3) is 0 Å². The van der Waals surface area contributed by atoms with Crippen molar-refractivity contribution in [2.45, 2.75) is 33.7 Å². The lowest BCUT2D eigenvalue weighted by atomic mass is 10.2. The molecule has 1 rings (SSSR count). The molecule has 1 aromatic rings. The van der Waals surface area contributed by atoms with E-state index in [1.807, 2.05) is 13.8 Å². The summed E-state index contributed by atoms with van der Waals surface area (Å²) < 4.78 is 4.90. The molecule has 0 aliphatic carbocycles. The van der Waals surface area contributed by atoms with Crippen LogP contribution >= 0.6 is 12.2 Å². The largest absolute Gasteiger partial charge is 0.462 e. The molecule has 104 valence electrons. The van der Waals surface area contributed by atoms with Crippen LogP contribution in [-0.2, 0) is 4.74 Å². The molecule has 7 heteroatoms. The summed E-state index contributed by atoms with van der Waals surface area (Å²) in [5.74, 6) is -0.0712. The molecule has 0 unspecified atom stereocenters. The van der Waals surface area contributed by atoms with Crippen molar-refractivity contribution in [3.63, 3.8) is 0 Å². The van der Waals surface area contributed by atoms with E-state index in [0.717, 1.165) is 0 Å². The van der Waals surface area contributed by atoms with Crippen molar-refractivity contribution in [2.24, 2.45) is 0 Å². The van der Waals surface area contributed by atoms with Crippen LogP contribution in [0, 0.1) is 6.92 Å². The van der Waals surface area contributed by atoms with Gasteiger partial charge in [-0.1, -0.05) is 0 Å². The Morgan fingerprint density at radius 3 is 2.74 bits per heavy atom. The van der Waals surface area contributed by atoms with Crippen LogP contribution in [0.2, 0.25) is 0 Å². The maximum absolute atomic E-state index is 11.6. The van der Waals surface area contributed by atoms with Crippen molar-refractivity contribution in [1.82, 2.24) is 15.3 Å². The Balaban J connectivity index is 2.77. The van der Waals surface area contributed by atoms with Crippen LogP contribution < -0.4 is 10.6 Å². The molecule has 0 aliphatic heterocycles. The van der Waals surface area contributed by atoms with Gasteiger partial charge in [-0.05, 0) is 39.9 Å². The van der Waals surface area contributed by atoms with Crippen molar-refractivity contribution in [1.29, 1.82) is 0 Å². The maximum Gasteiger partial charge on any atom is 0.341 e. The van der Waals surface area contributed by atoms with Crippen LogP contribution in [0.3, 0.4) is 0 Å². The van der Waals surface area contributed by atoms with Gasteiger partial charge >= 0.3 is 5.97 Å². The van der Waals surface area contributed by atoms with Gasteiger partial charge in [0, 0.05) is 12.2 Å². The molecule has 0 saturated heterocycles. The molecule has 0 spiro atoms. The van der Waals surface area contributed by atoms with Crippen molar-refractivity contribution < 1.29 is 9.53 Å². The Hall–Kier alpha value is -1.76. The Kier molecular flexibility index (Phi) is 5.62. The molecule has 0 radical (unpaired) electrons. The lowest BCUT2D eigenvalue weighted by molar-refractivity contribution is 0.0524. The predicted octanol–water partition coefficient (Wildman–Crippen LogP) is 1.66. The number of nitrogens with zero attached hydrogens (tertiary/aromatic N) is 2. The summed E-state index contributed by atoms with van der Waals surface area (Å²) in [6.45, 7) is 7.74. The van der Waals surface area contributed by atoms with Crippen molar-refractivity contribution in [2.75, 3.05) is 11.9 Å². The molecule has 0 bridgehead atoms. The second-order valence-electron chi connectivity index (χ2n) is 4.17. The number of anilines is 1. The highest BCUT2D eigenvalue weighted by atomic mass is 32.1. The number of carbonyl (C=O) groups excluding carboxylic acids is 1. The fraction of sp³-hybridized carbons (Fsp3) is 0.500. The minimum absolute atomic E-state index is 0.222. The third-order valence-corrected chi connectivity index (χ3v) is 2.34. The average Bonchev–Trinajstić information content (AvgIpc) is 2.27. The minimum atomic E-state index is -0.422. The van der Waals surface area contributed by atoms with Crippen LogP contribution in [0.25, 0.3) is 0 Å². The third-order valence-electron chi connectivity index (χ3n) is 2.12. The molecule has 0 saturated carbocycles. The normalized spacial score (nSPS) is 10.2. The molecule has 0 aromatic carbocycles. The van der Waals surface area contributed by atoms with E-state index >= 15 is 0 Å². The van der Waals surface area contributed by atoms with Gasteiger partial charge in [-0.2, -0.15) is 0 Å². The Labute approximate surface area is 118 Å². The Morgan fingerprint density at radius 2 is 2.21 bits per heavy atom. The van der Waals surface area contributed by atoms with E-state index in [4.69, 9.17) is 17.0 Å². The lowest BCUT2D eigenvalue weighted by Crippen LogP contribution is -2.34. The summed E-state index contributed by atoms with van der Waals surface area (Å²) >= 11 is 5.09. The fourth-order valence-corrected chi connectivity index (χ4v) is 1.66. The molecule has 19 heavy (non-hydrogen) atoms. The van der Waals surface area contributed by atoms with E-state index in [1.54, 1.807) is 13.8 Å². The minimum Gasteiger partial charge on any atom is -0.462 e. The predicted molar refractivity (Wildman–Crippen MR) is 77.2 cm³/mol. The zero-order chi connectivity index (χ0) is 14.4. The zero-order valence-electron chi connectivity index (χ0n) is 11.5. The first-order valence-corrected chi connectivity index (χ1v) is 6.43. The smallest absolute Gasteiger partial charge is 0.341 e. The standard InChI is InChI=1S/C12H18N4O2S/c1-5-18-10(17)9-6-13-11(15-8(9)4)16-12(19)14-7(2)3/h6-7H,5H2,1-4H3,(H2,13,14,15,16,19). The van der Waals surface area contributed by atoms with E-state index < -0.39 is 5.97 Å². The van der Waals surface area contributed by atoms with E-state index in [0.29, 0.717) is 28.9 Å². The monoisotopic (exact) mass is 282 g/mol. The number of thiocarbonyl (C=S) groups is 1. The second-order valence-corrected chi connectivity index (χ2v) is 4.57. The number of hydrogen-bond donors (Lipinski definition) is 2. The summed E-state index contributed by atoms with van der Waals surface area (Å²) in [5.41, 5.74) is 0.901. The van der Waals surface area contributed by atoms with Crippen LogP contribution in [0.1, 0.15) is 36.8 Å². The summed E-state index contributed by atoms with van der Waals surface area (Å²) in [5, 5.41) is 6.32. The number of aryl methyl sites for hydroxylation is 1. The molecular weight excluding hydrogens is 264 g/mol. The van der Waals surface area contributed by atoms with E-state index in [1.165, 1.54) is 6.20 Å². The van der Waals surface area contributed by atoms with Gasteiger partial charge in [-0.15, -0.1) is 0 Å². The first kappa shape index (κ1) is 15.3. The Morgan fingerprint density at radius 1 is 1.53 bits per heavy atom. The number of aromatic nitrogens is 2. The molecule has 6 nitrogen and oxygen atoms in total.